The predicted octanol–water partition coefficient (Wildman–Crippen LogP) is 6.31. The molecule has 0 aromatic heterocycles. The van der Waals surface area contributed by atoms with Gasteiger partial charge in [0.05, 0.1) is 17.3 Å². The van der Waals surface area contributed by atoms with Crippen LogP contribution in [0.25, 0.3) is 0 Å². The number of esters is 2. The molecule has 43 heavy (non-hydrogen) atoms. The second-order valence-corrected chi connectivity index (χ2v) is 17.1. The topological polar surface area (TPSA) is 119 Å². The second-order valence-electron chi connectivity index (χ2n) is 17.1. The fourth-order valence-electron chi connectivity index (χ4n) is 11.9. The highest BCUT2D eigenvalue weighted by molar-refractivity contribution is 5.90. The van der Waals surface area contributed by atoms with Gasteiger partial charge in [-0.3, -0.25) is 14.4 Å². The summed E-state index contributed by atoms with van der Waals surface area (Å²) in [7, 11) is 0. The van der Waals surface area contributed by atoms with Gasteiger partial charge < -0.3 is 24.4 Å². The molecule has 2 N–H and O–H groups in total. The van der Waals surface area contributed by atoms with Gasteiger partial charge in [0.2, 0.25) is 0 Å². The molecule has 0 bridgehead atoms. The van der Waals surface area contributed by atoms with Crippen molar-refractivity contribution in [3.8, 4) is 0 Å². The Morgan fingerprint density at radius 1 is 0.860 bits per heavy atom. The molecule has 4 saturated carbocycles. The van der Waals surface area contributed by atoms with Crippen molar-refractivity contribution < 1.29 is 38.8 Å². The molecule has 244 valence electrons. The van der Waals surface area contributed by atoms with Crippen molar-refractivity contribution in [2.75, 3.05) is 0 Å². The van der Waals surface area contributed by atoms with Crippen LogP contribution in [0, 0.1) is 45.3 Å². The maximum absolute atomic E-state index is 12.6. The van der Waals surface area contributed by atoms with Crippen LogP contribution in [0.4, 0.5) is 0 Å². The summed E-state index contributed by atoms with van der Waals surface area (Å²) in [5, 5.41) is 19.9. The summed E-state index contributed by atoms with van der Waals surface area (Å²) in [6.45, 7) is 19.2. The van der Waals surface area contributed by atoms with Crippen molar-refractivity contribution in [2.24, 2.45) is 45.3 Å². The molecule has 5 rings (SSSR count). The number of fused-ring (bicyclic) bond motifs is 5. The molecular weight excluding hydrogens is 548 g/mol. The van der Waals surface area contributed by atoms with Crippen LogP contribution in [0.1, 0.15) is 127 Å². The quantitative estimate of drug-likeness (QED) is 0.268. The summed E-state index contributed by atoms with van der Waals surface area (Å²) >= 11 is 0. The molecular formula is C35H56O8. The Bertz CT molecular complexity index is 1140. The zero-order valence-electron chi connectivity index (χ0n) is 28.0. The lowest BCUT2D eigenvalue weighted by atomic mass is 9.35. The molecule has 1 saturated heterocycles. The van der Waals surface area contributed by atoms with Gasteiger partial charge in [0.1, 0.15) is 18.6 Å². The van der Waals surface area contributed by atoms with E-state index in [1.54, 1.807) is 0 Å². The highest BCUT2D eigenvalue weighted by Crippen LogP contribution is 2.76. The van der Waals surface area contributed by atoms with E-state index in [-0.39, 0.29) is 69.3 Å². The Morgan fingerprint density at radius 3 is 2.09 bits per heavy atom. The smallest absolute Gasteiger partial charge is 0.317 e. The minimum atomic E-state index is -1.17. The van der Waals surface area contributed by atoms with Gasteiger partial charge >= 0.3 is 17.9 Å². The van der Waals surface area contributed by atoms with E-state index < -0.39 is 24.0 Å². The fourth-order valence-corrected chi connectivity index (χ4v) is 11.9. The molecule has 0 spiro atoms. The standard InChI is InChI=1S/C35H56O8/c1-20(36)41-22-18-24-32(6)14-12-25(42-28(39)19-27(37)38)30(2,3)23(32)11-16-33(24,7)34(8)15-10-21(29(22)34)35(9)17-13-26(43-35)31(4,5)40/h21-26,29,40H,10-19H2,1-9H3,(H,37,38). The van der Waals surface area contributed by atoms with Gasteiger partial charge in [-0.25, -0.2) is 0 Å². The molecule has 1 heterocycles. The van der Waals surface area contributed by atoms with E-state index in [0.717, 1.165) is 51.4 Å². The molecule has 0 amide bonds. The molecule has 11 atom stereocenters. The maximum atomic E-state index is 12.6. The van der Waals surface area contributed by atoms with E-state index >= 15 is 0 Å². The molecule has 8 nitrogen and oxygen atoms in total. The Kier molecular flexibility index (Phi) is 7.94. The number of aliphatic carboxylic acids is 1. The highest BCUT2D eigenvalue weighted by atomic mass is 16.6. The Hall–Kier alpha value is -1.67. The van der Waals surface area contributed by atoms with E-state index in [0.29, 0.717) is 12.3 Å². The van der Waals surface area contributed by atoms with Crippen LogP contribution >= 0.6 is 0 Å². The predicted molar refractivity (Wildman–Crippen MR) is 161 cm³/mol. The molecule has 5 fully saturated rings. The first-order valence-corrected chi connectivity index (χ1v) is 16.7. The average Bonchev–Trinajstić information content (AvgIpc) is 3.44. The van der Waals surface area contributed by atoms with Gasteiger partial charge in [-0.2, -0.15) is 0 Å². The molecule has 1 aliphatic heterocycles. The van der Waals surface area contributed by atoms with Gasteiger partial charge in [-0.1, -0.05) is 34.6 Å². The first-order valence-electron chi connectivity index (χ1n) is 16.7. The monoisotopic (exact) mass is 604 g/mol. The number of ether oxygens (including phenoxy) is 3. The van der Waals surface area contributed by atoms with Crippen LogP contribution in [0.2, 0.25) is 0 Å². The van der Waals surface area contributed by atoms with Gasteiger partial charge in [0, 0.05) is 18.3 Å². The van der Waals surface area contributed by atoms with E-state index in [1.165, 1.54) is 6.92 Å². The average molecular weight is 605 g/mol. The van der Waals surface area contributed by atoms with Gasteiger partial charge in [-0.15, -0.1) is 0 Å². The molecule has 8 heteroatoms. The maximum Gasteiger partial charge on any atom is 0.317 e. The third kappa shape index (κ3) is 5.05. The van der Waals surface area contributed by atoms with Crippen molar-refractivity contribution in [1.82, 2.24) is 0 Å². The summed E-state index contributed by atoms with van der Waals surface area (Å²) in [5.74, 6) is -1.05. The number of hydrogen-bond donors (Lipinski definition) is 2. The fraction of sp³-hybridized carbons (Fsp3) is 0.914. The highest BCUT2D eigenvalue weighted by Gasteiger charge is 2.72. The Balaban J connectivity index is 1.48. The van der Waals surface area contributed by atoms with Crippen LogP contribution in [-0.4, -0.2) is 57.6 Å². The SMILES string of the molecule is CC(=O)OC1CC2C3(C)CCC(OC(=O)CC(=O)O)C(C)(C)C3CCC2(C)C2(C)CCC(C3(C)CCC(C(C)(C)O)O3)C12. The van der Waals surface area contributed by atoms with Crippen LogP contribution in [0.15, 0.2) is 0 Å². The lowest BCUT2D eigenvalue weighted by Crippen LogP contribution is -2.67. The Morgan fingerprint density at radius 2 is 1.51 bits per heavy atom. The number of carbonyl (C=O) groups excluding carboxylic acids is 2. The lowest BCUT2D eigenvalue weighted by molar-refractivity contribution is -0.254. The zero-order chi connectivity index (χ0) is 32.0. The third-order valence-electron chi connectivity index (χ3n) is 14.1. The van der Waals surface area contributed by atoms with Crippen LogP contribution < -0.4 is 0 Å². The van der Waals surface area contributed by atoms with Crippen LogP contribution in [0.3, 0.4) is 0 Å². The minimum absolute atomic E-state index is 0.0296. The van der Waals surface area contributed by atoms with Crippen molar-refractivity contribution >= 4 is 17.9 Å². The van der Waals surface area contributed by atoms with E-state index in [1.807, 2.05) is 13.8 Å². The van der Waals surface area contributed by atoms with E-state index in [9.17, 15) is 19.5 Å². The van der Waals surface area contributed by atoms with Gasteiger partial charge in [0.25, 0.3) is 0 Å². The summed E-state index contributed by atoms with van der Waals surface area (Å²) < 4.78 is 18.9. The van der Waals surface area contributed by atoms with Crippen molar-refractivity contribution in [2.45, 2.75) is 156 Å². The Labute approximate surface area is 258 Å². The summed E-state index contributed by atoms with van der Waals surface area (Å²) in [6.07, 6.45) is 6.90. The molecule has 0 aromatic carbocycles. The minimum Gasteiger partial charge on any atom is -0.481 e. The second kappa shape index (κ2) is 10.4. The molecule has 0 radical (unpaired) electrons. The largest absolute Gasteiger partial charge is 0.481 e. The molecule has 0 aromatic rings. The van der Waals surface area contributed by atoms with E-state index in [4.69, 9.17) is 19.3 Å². The number of rotatable bonds is 6. The lowest BCUT2D eigenvalue weighted by Gasteiger charge is -2.70. The first-order chi connectivity index (χ1) is 19.7. The normalized spacial score (nSPS) is 47.2. The van der Waals surface area contributed by atoms with Crippen LogP contribution in [-0.2, 0) is 28.6 Å². The number of hydrogen-bond acceptors (Lipinski definition) is 7. The molecule has 5 aliphatic rings. The number of carbonyl (C=O) groups is 3. The summed E-state index contributed by atoms with van der Waals surface area (Å²) in [5.41, 5.74) is -1.66. The number of carboxylic acid groups (broad SMARTS) is 1. The molecule has 11 unspecified atom stereocenters. The third-order valence-corrected chi connectivity index (χ3v) is 14.1. The van der Waals surface area contributed by atoms with Gasteiger partial charge in [0.15, 0.2) is 0 Å². The van der Waals surface area contributed by atoms with Crippen molar-refractivity contribution in [3.63, 3.8) is 0 Å². The number of aliphatic hydroxyl groups is 1. The van der Waals surface area contributed by atoms with Crippen molar-refractivity contribution in [3.05, 3.63) is 0 Å². The number of carboxylic acids is 1. The van der Waals surface area contributed by atoms with Crippen molar-refractivity contribution in [1.29, 1.82) is 0 Å². The molecule has 4 aliphatic carbocycles. The van der Waals surface area contributed by atoms with Crippen LogP contribution in [0.5, 0.6) is 0 Å². The van der Waals surface area contributed by atoms with E-state index in [2.05, 4.69) is 41.5 Å². The summed E-state index contributed by atoms with van der Waals surface area (Å²) in [4.78, 5) is 36.2. The first kappa shape index (κ1) is 32.7. The summed E-state index contributed by atoms with van der Waals surface area (Å²) in [6, 6.07) is 0. The van der Waals surface area contributed by atoms with Gasteiger partial charge in [-0.05, 0) is 113 Å². The zero-order valence-corrected chi connectivity index (χ0v) is 28.0.